The fourth-order valence-electron chi connectivity index (χ4n) is 1.79. The van der Waals surface area contributed by atoms with E-state index >= 15 is 0 Å². The van der Waals surface area contributed by atoms with E-state index in [4.69, 9.17) is 0 Å². The summed E-state index contributed by atoms with van der Waals surface area (Å²) < 4.78 is 0. The van der Waals surface area contributed by atoms with E-state index in [0.717, 1.165) is 6.54 Å². The molecule has 0 aliphatic heterocycles. The van der Waals surface area contributed by atoms with Crippen LogP contribution in [-0.4, -0.2) is 12.0 Å². The lowest BCUT2D eigenvalue weighted by Gasteiger charge is -2.00. The minimum atomic E-state index is 0.896. The highest BCUT2D eigenvalue weighted by Gasteiger charge is 2.03. The van der Waals surface area contributed by atoms with Crippen LogP contribution in [0, 0.1) is 13.8 Å². The second kappa shape index (κ2) is 3.46. The third-order valence-electron chi connectivity index (χ3n) is 2.75. The Balaban J connectivity index is 2.59. The standard InChI is InChI=1S/C12H16N2/c1-8-4-5-10-6-11(7-13-3)14-12(10)9(8)2/h4-6,13-14H,7H2,1-3H3. The van der Waals surface area contributed by atoms with E-state index in [-0.39, 0.29) is 0 Å². The summed E-state index contributed by atoms with van der Waals surface area (Å²) >= 11 is 0. The number of hydrogen-bond acceptors (Lipinski definition) is 1. The Morgan fingerprint density at radius 2 is 2.07 bits per heavy atom. The van der Waals surface area contributed by atoms with Crippen molar-refractivity contribution in [1.29, 1.82) is 0 Å². The number of aromatic amines is 1. The molecule has 1 heterocycles. The number of H-pyrrole nitrogens is 1. The Labute approximate surface area is 84.3 Å². The molecule has 0 unspecified atom stereocenters. The summed E-state index contributed by atoms with van der Waals surface area (Å²) in [7, 11) is 1.96. The molecular weight excluding hydrogens is 172 g/mol. The van der Waals surface area contributed by atoms with E-state index in [2.05, 4.69) is 42.3 Å². The zero-order valence-electron chi connectivity index (χ0n) is 8.94. The fraction of sp³-hybridized carbons (Fsp3) is 0.333. The van der Waals surface area contributed by atoms with Crippen LogP contribution in [0.15, 0.2) is 18.2 Å². The molecule has 74 valence electrons. The summed E-state index contributed by atoms with van der Waals surface area (Å²) in [4.78, 5) is 3.44. The summed E-state index contributed by atoms with van der Waals surface area (Å²) in [6.45, 7) is 5.21. The molecule has 0 spiro atoms. The molecule has 1 aromatic carbocycles. The molecule has 14 heavy (non-hydrogen) atoms. The Hall–Kier alpha value is -1.28. The van der Waals surface area contributed by atoms with Crippen LogP contribution in [0.5, 0.6) is 0 Å². The van der Waals surface area contributed by atoms with Gasteiger partial charge in [-0.3, -0.25) is 0 Å². The Morgan fingerprint density at radius 1 is 1.29 bits per heavy atom. The van der Waals surface area contributed by atoms with Crippen LogP contribution in [0.3, 0.4) is 0 Å². The van der Waals surface area contributed by atoms with Gasteiger partial charge >= 0.3 is 0 Å². The average molecular weight is 188 g/mol. The SMILES string of the molecule is CNCc1cc2ccc(C)c(C)c2[nH]1. The second-order valence-corrected chi connectivity index (χ2v) is 3.80. The van der Waals surface area contributed by atoms with Crippen molar-refractivity contribution in [3.8, 4) is 0 Å². The normalized spacial score (nSPS) is 11.1. The van der Waals surface area contributed by atoms with E-state index < -0.39 is 0 Å². The van der Waals surface area contributed by atoms with Crippen molar-refractivity contribution in [2.45, 2.75) is 20.4 Å². The predicted octanol–water partition coefficient (Wildman–Crippen LogP) is 2.50. The number of aryl methyl sites for hydroxylation is 2. The van der Waals surface area contributed by atoms with Crippen molar-refractivity contribution in [2.24, 2.45) is 0 Å². The van der Waals surface area contributed by atoms with Gasteiger partial charge in [-0.25, -0.2) is 0 Å². The molecule has 0 saturated heterocycles. The zero-order chi connectivity index (χ0) is 10.1. The maximum Gasteiger partial charge on any atom is 0.0488 e. The molecule has 1 aromatic heterocycles. The van der Waals surface area contributed by atoms with Gasteiger partial charge in [0.05, 0.1) is 0 Å². The number of nitrogens with one attached hydrogen (secondary N) is 2. The van der Waals surface area contributed by atoms with Crippen molar-refractivity contribution < 1.29 is 0 Å². The summed E-state index contributed by atoms with van der Waals surface area (Å²) in [5.41, 5.74) is 5.21. The number of fused-ring (bicyclic) bond motifs is 1. The van der Waals surface area contributed by atoms with Gasteiger partial charge in [0, 0.05) is 17.8 Å². The predicted molar refractivity (Wildman–Crippen MR) is 60.5 cm³/mol. The van der Waals surface area contributed by atoms with E-state index in [1.807, 2.05) is 7.05 Å². The van der Waals surface area contributed by atoms with Crippen LogP contribution in [-0.2, 0) is 6.54 Å². The highest BCUT2D eigenvalue weighted by atomic mass is 14.9. The lowest BCUT2D eigenvalue weighted by molar-refractivity contribution is 0.799. The molecule has 0 fully saturated rings. The Bertz CT molecular complexity index is 455. The molecule has 0 saturated carbocycles. The molecule has 0 radical (unpaired) electrons. The van der Waals surface area contributed by atoms with Gasteiger partial charge in [0.2, 0.25) is 0 Å². The highest BCUT2D eigenvalue weighted by molar-refractivity contribution is 5.84. The van der Waals surface area contributed by atoms with Gasteiger partial charge in [-0.2, -0.15) is 0 Å². The molecule has 2 nitrogen and oxygen atoms in total. The minimum absolute atomic E-state index is 0.896. The third-order valence-corrected chi connectivity index (χ3v) is 2.75. The topological polar surface area (TPSA) is 27.8 Å². The van der Waals surface area contributed by atoms with Crippen molar-refractivity contribution in [3.63, 3.8) is 0 Å². The lowest BCUT2D eigenvalue weighted by Crippen LogP contribution is -2.04. The first-order valence-electron chi connectivity index (χ1n) is 4.95. The number of rotatable bonds is 2. The number of aromatic nitrogens is 1. The molecule has 0 atom stereocenters. The molecule has 0 bridgehead atoms. The van der Waals surface area contributed by atoms with Gasteiger partial charge in [-0.05, 0) is 43.5 Å². The van der Waals surface area contributed by atoms with Crippen LogP contribution in [0.2, 0.25) is 0 Å². The van der Waals surface area contributed by atoms with Crippen LogP contribution >= 0.6 is 0 Å². The van der Waals surface area contributed by atoms with Gasteiger partial charge in [0.15, 0.2) is 0 Å². The zero-order valence-corrected chi connectivity index (χ0v) is 8.94. The number of hydrogen-bond donors (Lipinski definition) is 2. The first-order chi connectivity index (χ1) is 6.72. The van der Waals surface area contributed by atoms with Crippen molar-refractivity contribution >= 4 is 10.9 Å². The first kappa shape index (κ1) is 9.28. The summed E-state index contributed by atoms with van der Waals surface area (Å²) in [6, 6.07) is 6.56. The molecule has 2 rings (SSSR count). The van der Waals surface area contributed by atoms with E-state index in [1.54, 1.807) is 0 Å². The smallest absolute Gasteiger partial charge is 0.0488 e. The van der Waals surface area contributed by atoms with E-state index in [9.17, 15) is 0 Å². The van der Waals surface area contributed by atoms with Gasteiger partial charge < -0.3 is 10.3 Å². The molecule has 0 aliphatic rings. The summed E-state index contributed by atoms with van der Waals surface area (Å²) in [5, 5.41) is 4.45. The highest BCUT2D eigenvalue weighted by Crippen LogP contribution is 2.21. The van der Waals surface area contributed by atoms with Crippen LogP contribution in [0.25, 0.3) is 10.9 Å². The fourth-order valence-corrected chi connectivity index (χ4v) is 1.79. The molecule has 2 heteroatoms. The van der Waals surface area contributed by atoms with Crippen molar-refractivity contribution in [2.75, 3.05) is 7.05 Å². The first-order valence-corrected chi connectivity index (χ1v) is 4.95. The molecule has 0 aliphatic carbocycles. The van der Waals surface area contributed by atoms with Gasteiger partial charge in [-0.1, -0.05) is 12.1 Å². The monoisotopic (exact) mass is 188 g/mol. The maximum atomic E-state index is 3.44. The average Bonchev–Trinajstić information content (AvgIpc) is 2.56. The van der Waals surface area contributed by atoms with Crippen LogP contribution in [0.1, 0.15) is 16.8 Å². The third kappa shape index (κ3) is 1.42. The van der Waals surface area contributed by atoms with Crippen molar-refractivity contribution in [3.05, 3.63) is 35.0 Å². The second-order valence-electron chi connectivity index (χ2n) is 3.80. The van der Waals surface area contributed by atoms with Gasteiger partial charge in [-0.15, -0.1) is 0 Å². The lowest BCUT2D eigenvalue weighted by atomic mass is 10.1. The largest absolute Gasteiger partial charge is 0.357 e. The van der Waals surface area contributed by atoms with Crippen molar-refractivity contribution in [1.82, 2.24) is 10.3 Å². The summed E-state index contributed by atoms with van der Waals surface area (Å²) in [6.07, 6.45) is 0. The van der Waals surface area contributed by atoms with Crippen LogP contribution < -0.4 is 5.32 Å². The van der Waals surface area contributed by atoms with E-state index in [1.165, 1.54) is 27.7 Å². The Morgan fingerprint density at radius 3 is 2.79 bits per heavy atom. The molecule has 2 aromatic rings. The Kier molecular flexibility index (Phi) is 2.30. The number of benzene rings is 1. The quantitative estimate of drug-likeness (QED) is 0.744. The molecule has 0 amide bonds. The van der Waals surface area contributed by atoms with Crippen LogP contribution in [0.4, 0.5) is 0 Å². The van der Waals surface area contributed by atoms with E-state index in [0.29, 0.717) is 0 Å². The molecular formula is C12H16N2. The molecule has 2 N–H and O–H groups in total. The van der Waals surface area contributed by atoms with Gasteiger partial charge in [0.1, 0.15) is 0 Å². The minimum Gasteiger partial charge on any atom is -0.357 e. The van der Waals surface area contributed by atoms with Gasteiger partial charge in [0.25, 0.3) is 0 Å². The maximum absolute atomic E-state index is 3.44. The summed E-state index contributed by atoms with van der Waals surface area (Å²) in [5.74, 6) is 0.